The molecule has 1 saturated carbocycles. The molecular weight excluding hydrogens is 390 g/mol. The summed E-state index contributed by atoms with van der Waals surface area (Å²) in [5.41, 5.74) is 3.50. The van der Waals surface area contributed by atoms with E-state index in [4.69, 9.17) is 9.72 Å². The second-order valence-electron chi connectivity index (χ2n) is 8.58. The van der Waals surface area contributed by atoms with Crippen molar-refractivity contribution in [3.63, 3.8) is 0 Å². The maximum atomic E-state index is 13.0. The van der Waals surface area contributed by atoms with E-state index in [-0.39, 0.29) is 17.7 Å². The lowest BCUT2D eigenvalue weighted by molar-refractivity contribution is -0.133. The highest BCUT2D eigenvalue weighted by molar-refractivity contribution is 5.95. The molecule has 1 aliphatic heterocycles. The molecule has 6 nitrogen and oxygen atoms in total. The first-order valence-corrected chi connectivity index (χ1v) is 11.2. The lowest BCUT2D eigenvalue weighted by atomic mass is 9.89. The summed E-state index contributed by atoms with van der Waals surface area (Å²) in [7, 11) is 1.66. The molecule has 1 N–H and O–H groups in total. The lowest BCUT2D eigenvalue weighted by Gasteiger charge is -2.32. The third kappa shape index (κ3) is 5.06. The maximum Gasteiger partial charge on any atom is 0.253 e. The highest BCUT2D eigenvalue weighted by Gasteiger charge is 2.35. The zero-order valence-corrected chi connectivity index (χ0v) is 18.4. The predicted octanol–water partition coefficient (Wildman–Crippen LogP) is 3.49. The minimum atomic E-state index is -0.0890. The number of nitrogens with one attached hydrogen (secondary N) is 1. The number of likely N-dealkylation sites (tertiary alicyclic amines) is 1. The molecule has 31 heavy (non-hydrogen) atoms. The van der Waals surface area contributed by atoms with Crippen LogP contribution in [-0.4, -0.2) is 48.4 Å². The van der Waals surface area contributed by atoms with E-state index >= 15 is 0 Å². The number of piperidine rings is 1. The summed E-state index contributed by atoms with van der Waals surface area (Å²) in [6.07, 6.45) is 4.49. The quantitative estimate of drug-likeness (QED) is 0.743. The molecule has 0 radical (unpaired) electrons. The first-order chi connectivity index (χ1) is 15.1. The van der Waals surface area contributed by atoms with Crippen LogP contribution in [0.1, 0.15) is 58.9 Å². The summed E-state index contributed by atoms with van der Waals surface area (Å²) in [4.78, 5) is 32.1. The molecule has 2 fully saturated rings. The number of nitrogens with zero attached hydrogens (tertiary/aromatic N) is 2. The van der Waals surface area contributed by atoms with Crippen LogP contribution in [0.5, 0.6) is 5.75 Å². The summed E-state index contributed by atoms with van der Waals surface area (Å²) in [6, 6.07) is 11.6. The van der Waals surface area contributed by atoms with Crippen LogP contribution in [0.3, 0.4) is 0 Å². The number of ether oxygens (including phenoxy) is 1. The van der Waals surface area contributed by atoms with E-state index in [9.17, 15) is 9.59 Å². The van der Waals surface area contributed by atoms with Gasteiger partial charge in [0, 0.05) is 37.2 Å². The van der Waals surface area contributed by atoms with Gasteiger partial charge >= 0.3 is 0 Å². The van der Waals surface area contributed by atoms with Crippen LogP contribution in [0.25, 0.3) is 0 Å². The first-order valence-electron chi connectivity index (χ1n) is 11.2. The second-order valence-corrected chi connectivity index (χ2v) is 8.58. The van der Waals surface area contributed by atoms with E-state index in [0.29, 0.717) is 24.4 Å². The number of carbonyl (C=O) groups excluding carboxylic acids is 2. The molecule has 6 heteroatoms. The number of aryl methyl sites for hydroxylation is 1. The number of carbonyl (C=O) groups is 2. The van der Waals surface area contributed by atoms with Crippen molar-refractivity contribution in [3.05, 3.63) is 58.9 Å². The van der Waals surface area contributed by atoms with Gasteiger partial charge in [0.25, 0.3) is 5.91 Å². The Hall–Kier alpha value is -2.89. The van der Waals surface area contributed by atoms with E-state index in [0.717, 1.165) is 61.5 Å². The third-order valence-corrected chi connectivity index (χ3v) is 6.30. The molecule has 2 aromatic rings. The summed E-state index contributed by atoms with van der Waals surface area (Å²) in [5, 5.41) is 3.05. The fourth-order valence-electron chi connectivity index (χ4n) is 4.36. The highest BCUT2D eigenvalue weighted by Crippen LogP contribution is 2.35. The topological polar surface area (TPSA) is 71.5 Å². The molecule has 0 bridgehead atoms. The van der Waals surface area contributed by atoms with E-state index in [1.54, 1.807) is 7.11 Å². The smallest absolute Gasteiger partial charge is 0.253 e. The van der Waals surface area contributed by atoms with Crippen molar-refractivity contribution in [1.82, 2.24) is 15.2 Å². The van der Waals surface area contributed by atoms with Crippen molar-refractivity contribution in [2.24, 2.45) is 5.92 Å². The van der Waals surface area contributed by atoms with Crippen molar-refractivity contribution in [1.29, 1.82) is 0 Å². The Kier molecular flexibility index (Phi) is 6.54. The molecular formula is C25H31N3O3. The van der Waals surface area contributed by atoms with Gasteiger partial charge in [0.05, 0.1) is 18.4 Å². The van der Waals surface area contributed by atoms with Crippen LogP contribution >= 0.6 is 0 Å². The Bertz CT molecular complexity index is 947. The Morgan fingerprint density at radius 2 is 1.84 bits per heavy atom. The summed E-state index contributed by atoms with van der Waals surface area (Å²) >= 11 is 0. The standard InChI is InChI=1S/C25H31N3O3/c1-17-7-10-21(24(29)26-14-11-18-5-3-4-6-22(18)31-2)23(27-17)19-12-15-28(16-13-19)25(30)20-8-9-20/h3-7,10,19-20H,8-9,11-16H2,1-2H3,(H,26,29). The van der Waals surface area contributed by atoms with Crippen LogP contribution in [0.2, 0.25) is 0 Å². The van der Waals surface area contributed by atoms with E-state index in [1.807, 2.05) is 48.2 Å². The van der Waals surface area contributed by atoms with Gasteiger partial charge in [0.2, 0.25) is 5.91 Å². The Labute approximate surface area is 184 Å². The minimum Gasteiger partial charge on any atom is -0.496 e. The summed E-state index contributed by atoms with van der Waals surface area (Å²) < 4.78 is 5.39. The molecule has 1 saturated heterocycles. The monoisotopic (exact) mass is 421 g/mol. The van der Waals surface area contributed by atoms with Gasteiger partial charge < -0.3 is 15.0 Å². The van der Waals surface area contributed by atoms with Gasteiger partial charge in [0.1, 0.15) is 5.75 Å². The zero-order chi connectivity index (χ0) is 21.8. The second kappa shape index (κ2) is 9.50. The minimum absolute atomic E-state index is 0.0890. The fraction of sp³-hybridized carbons (Fsp3) is 0.480. The third-order valence-electron chi connectivity index (χ3n) is 6.30. The van der Waals surface area contributed by atoms with E-state index in [2.05, 4.69) is 5.32 Å². The van der Waals surface area contributed by atoms with Gasteiger partial charge in [-0.3, -0.25) is 14.6 Å². The number of para-hydroxylation sites is 1. The molecule has 1 aromatic carbocycles. The van der Waals surface area contributed by atoms with Crippen molar-refractivity contribution < 1.29 is 14.3 Å². The van der Waals surface area contributed by atoms with Gasteiger partial charge in [0.15, 0.2) is 0 Å². The summed E-state index contributed by atoms with van der Waals surface area (Å²) in [5.74, 6) is 1.53. The Morgan fingerprint density at radius 3 is 2.55 bits per heavy atom. The number of hydrogen-bond donors (Lipinski definition) is 1. The van der Waals surface area contributed by atoms with Crippen molar-refractivity contribution >= 4 is 11.8 Å². The highest BCUT2D eigenvalue weighted by atomic mass is 16.5. The molecule has 1 aliphatic carbocycles. The van der Waals surface area contributed by atoms with Gasteiger partial charge in [-0.05, 0) is 62.8 Å². The number of benzene rings is 1. The number of methoxy groups -OCH3 is 1. The molecule has 1 aromatic heterocycles. The number of amides is 2. The fourth-order valence-corrected chi connectivity index (χ4v) is 4.36. The number of hydrogen-bond acceptors (Lipinski definition) is 4. The average Bonchev–Trinajstić information content (AvgIpc) is 3.64. The van der Waals surface area contributed by atoms with Crippen LogP contribution in [0.4, 0.5) is 0 Å². The van der Waals surface area contributed by atoms with Crippen molar-refractivity contribution in [3.8, 4) is 5.75 Å². The van der Waals surface area contributed by atoms with Gasteiger partial charge in [-0.2, -0.15) is 0 Å². The summed E-state index contributed by atoms with van der Waals surface area (Å²) in [6.45, 7) is 3.99. The SMILES string of the molecule is COc1ccccc1CCNC(=O)c1ccc(C)nc1C1CCN(C(=O)C2CC2)CC1. The molecule has 0 spiro atoms. The molecule has 2 amide bonds. The molecule has 2 heterocycles. The van der Waals surface area contributed by atoms with Gasteiger partial charge in [-0.15, -0.1) is 0 Å². The first kappa shape index (κ1) is 21.3. The Morgan fingerprint density at radius 1 is 1.10 bits per heavy atom. The molecule has 2 aliphatic rings. The van der Waals surface area contributed by atoms with Gasteiger partial charge in [-0.1, -0.05) is 18.2 Å². The van der Waals surface area contributed by atoms with E-state index < -0.39 is 0 Å². The molecule has 4 rings (SSSR count). The molecule has 164 valence electrons. The van der Waals surface area contributed by atoms with Crippen molar-refractivity contribution in [2.75, 3.05) is 26.7 Å². The molecule has 0 unspecified atom stereocenters. The predicted molar refractivity (Wildman–Crippen MR) is 119 cm³/mol. The maximum absolute atomic E-state index is 13.0. The van der Waals surface area contributed by atoms with Crippen LogP contribution in [-0.2, 0) is 11.2 Å². The zero-order valence-electron chi connectivity index (χ0n) is 18.4. The van der Waals surface area contributed by atoms with Gasteiger partial charge in [-0.25, -0.2) is 0 Å². The van der Waals surface area contributed by atoms with E-state index in [1.165, 1.54) is 0 Å². The largest absolute Gasteiger partial charge is 0.496 e. The number of aromatic nitrogens is 1. The number of rotatable bonds is 7. The molecule has 0 atom stereocenters. The van der Waals surface area contributed by atoms with Crippen LogP contribution in [0, 0.1) is 12.8 Å². The van der Waals surface area contributed by atoms with Crippen molar-refractivity contribution in [2.45, 2.75) is 44.9 Å². The lowest BCUT2D eigenvalue weighted by Crippen LogP contribution is -2.39. The average molecular weight is 422 g/mol. The van der Waals surface area contributed by atoms with Crippen LogP contribution in [0.15, 0.2) is 36.4 Å². The Balaban J connectivity index is 1.39. The van der Waals surface area contributed by atoms with Crippen LogP contribution < -0.4 is 10.1 Å². The normalized spacial score (nSPS) is 16.8. The number of pyridine rings is 1.